The summed E-state index contributed by atoms with van der Waals surface area (Å²) in [6.45, 7) is 8.04. The first-order valence-corrected chi connectivity index (χ1v) is 8.83. The first-order valence-electron chi connectivity index (χ1n) is 8.83. The largest absolute Gasteiger partial charge is 0.480 e. The SMILES string of the molecule is Cc1cc(C(=O)N2[C@@H]3CCCC[C@H]3C[C@H]2C(=O)O)nn1C(C)(C)C. The molecule has 24 heavy (non-hydrogen) atoms. The molecule has 0 spiro atoms. The minimum atomic E-state index is -0.898. The van der Waals surface area contributed by atoms with E-state index < -0.39 is 12.0 Å². The predicted molar refractivity (Wildman–Crippen MR) is 89.9 cm³/mol. The lowest BCUT2D eigenvalue weighted by Crippen LogP contribution is -2.46. The van der Waals surface area contributed by atoms with E-state index in [0.29, 0.717) is 18.0 Å². The van der Waals surface area contributed by atoms with Crippen LogP contribution in [-0.2, 0) is 10.3 Å². The second-order valence-corrected chi connectivity index (χ2v) is 8.17. The third-order valence-electron chi connectivity index (χ3n) is 5.35. The van der Waals surface area contributed by atoms with Crippen LogP contribution < -0.4 is 0 Å². The zero-order chi connectivity index (χ0) is 17.6. The van der Waals surface area contributed by atoms with E-state index in [1.807, 2.05) is 32.4 Å². The number of hydrogen-bond acceptors (Lipinski definition) is 3. The van der Waals surface area contributed by atoms with Gasteiger partial charge in [-0.15, -0.1) is 0 Å². The summed E-state index contributed by atoms with van der Waals surface area (Å²) in [4.78, 5) is 26.4. The van der Waals surface area contributed by atoms with Gasteiger partial charge in [-0.25, -0.2) is 4.79 Å². The highest BCUT2D eigenvalue weighted by molar-refractivity contribution is 5.95. The van der Waals surface area contributed by atoms with Crippen molar-refractivity contribution in [3.63, 3.8) is 0 Å². The maximum atomic E-state index is 13.1. The van der Waals surface area contributed by atoms with Gasteiger partial charge in [0.05, 0.1) is 5.54 Å². The lowest BCUT2D eigenvalue weighted by molar-refractivity contribution is -0.141. The summed E-state index contributed by atoms with van der Waals surface area (Å²) in [5.41, 5.74) is 1.06. The Morgan fingerprint density at radius 1 is 1.25 bits per heavy atom. The molecular weight excluding hydrogens is 306 g/mol. The molecule has 1 amide bonds. The Morgan fingerprint density at radius 2 is 1.92 bits per heavy atom. The van der Waals surface area contributed by atoms with Crippen LogP contribution in [0.3, 0.4) is 0 Å². The molecule has 6 nitrogen and oxygen atoms in total. The fraction of sp³-hybridized carbons (Fsp3) is 0.722. The van der Waals surface area contributed by atoms with Crippen molar-refractivity contribution in [1.29, 1.82) is 0 Å². The first kappa shape index (κ1) is 17.0. The van der Waals surface area contributed by atoms with Gasteiger partial charge in [-0.1, -0.05) is 12.8 Å². The Morgan fingerprint density at radius 3 is 2.50 bits per heavy atom. The van der Waals surface area contributed by atoms with Crippen molar-refractivity contribution < 1.29 is 14.7 Å². The van der Waals surface area contributed by atoms with E-state index in [4.69, 9.17) is 0 Å². The van der Waals surface area contributed by atoms with Crippen molar-refractivity contribution in [3.8, 4) is 0 Å². The molecular formula is C18H27N3O3. The minimum absolute atomic E-state index is 0.0486. The number of aryl methyl sites for hydroxylation is 1. The molecule has 3 atom stereocenters. The summed E-state index contributed by atoms with van der Waals surface area (Å²) < 4.78 is 1.84. The van der Waals surface area contributed by atoms with Gasteiger partial charge in [0.1, 0.15) is 6.04 Å². The molecule has 1 aromatic heterocycles. The lowest BCUT2D eigenvalue weighted by atomic mass is 9.84. The Labute approximate surface area is 142 Å². The number of aliphatic carboxylic acids is 1. The monoisotopic (exact) mass is 333 g/mol. The number of nitrogens with zero attached hydrogens (tertiary/aromatic N) is 3. The van der Waals surface area contributed by atoms with Crippen molar-refractivity contribution in [2.75, 3.05) is 0 Å². The van der Waals surface area contributed by atoms with Crippen LogP contribution >= 0.6 is 0 Å². The van der Waals surface area contributed by atoms with Gasteiger partial charge in [0, 0.05) is 11.7 Å². The fourth-order valence-electron chi connectivity index (χ4n) is 4.36. The van der Waals surface area contributed by atoms with E-state index >= 15 is 0 Å². The minimum Gasteiger partial charge on any atom is -0.480 e. The molecule has 0 unspecified atom stereocenters. The molecule has 1 saturated heterocycles. The number of carbonyl (C=O) groups excluding carboxylic acids is 1. The Hall–Kier alpha value is -1.85. The first-order chi connectivity index (χ1) is 11.2. The molecule has 1 saturated carbocycles. The van der Waals surface area contributed by atoms with Crippen LogP contribution in [0.25, 0.3) is 0 Å². The summed E-state index contributed by atoms with van der Waals surface area (Å²) in [5, 5.41) is 14.1. The van der Waals surface area contributed by atoms with Crippen LogP contribution in [0.1, 0.15) is 69.1 Å². The quantitative estimate of drug-likeness (QED) is 0.903. The molecule has 0 radical (unpaired) electrons. The second-order valence-electron chi connectivity index (χ2n) is 8.17. The molecule has 1 aromatic rings. The topological polar surface area (TPSA) is 75.4 Å². The van der Waals surface area contributed by atoms with Gasteiger partial charge < -0.3 is 10.0 Å². The van der Waals surface area contributed by atoms with Gasteiger partial charge in [-0.2, -0.15) is 5.10 Å². The summed E-state index contributed by atoms with van der Waals surface area (Å²) in [6, 6.07) is 1.11. The van der Waals surface area contributed by atoms with Gasteiger partial charge >= 0.3 is 5.97 Å². The van der Waals surface area contributed by atoms with Crippen molar-refractivity contribution in [2.24, 2.45) is 5.92 Å². The second kappa shape index (κ2) is 5.90. The molecule has 1 aliphatic heterocycles. The molecule has 1 N–H and O–H groups in total. The van der Waals surface area contributed by atoms with Gasteiger partial charge in [-0.05, 0) is 58.9 Å². The summed E-state index contributed by atoms with van der Waals surface area (Å²) in [5.74, 6) is -0.817. The molecule has 1 aliphatic carbocycles. The molecule has 0 bridgehead atoms. The van der Waals surface area contributed by atoms with Gasteiger partial charge in [0.15, 0.2) is 5.69 Å². The normalized spacial score (nSPS) is 27.2. The smallest absolute Gasteiger partial charge is 0.326 e. The summed E-state index contributed by atoms with van der Waals surface area (Å²) in [6.07, 6.45) is 4.69. The van der Waals surface area contributed by atoms with Gasteiger partial charge in [-0.3, -0.25) is 9.48 Å². The number of amides is 1. The highest BCUT2D eigenvalue weighted by Crippen LogP contribution is 2.40. The number of carboxylic acids is 1. The average molecular weight is 333 g/mol. The van der Waals surface area contributed by atoms with Crippen LogP contribution in [-0.4, -0.2) is 43.7 Å². The third kappa shape index (κ3) is 2.82. The number of likely N-dealkylation sites (tertiary alicyclic amines) is 1. The molecule has 2 heterocycles. The van der Waals surface area contributed by atoms with Crippen molar-refractivity contribution >= 4 is 11.9 Å². The summed E-state index contributed by atoms with van der Waals surface area (Å²) >= 11 is 0. The van der Waals surface area contributed by atoms with Crippen LogP contribution in [0.15, 0.2) is 6.07 Å². The molecule has 2 fully saturated rings. The third-order valence-corrected chi connectivity index (χ3v) is 5.35. The van der Waals surface area contributed by atoms with Crippen molar-refractivity contribution in [3.05, 3.63) is 17.5 Å². The Balaban J connectivity index is 1.93. The fourth-order valence-corrected chi connectivity index (χ4v) is 4.36. The van der Waals surface area contributed by atoms with Crippen LogP contribution in [0.5, 0.6) is 0 Å². The summed E-state index contributed by atoms with van der Waals surface area (Å²) in [7, 11) is 0. The number of fused-ring (bicyclic) bond motifs is 1. The molecule has 132 valence electrons. The van der Waals surface area contributed by atoms with E-state index in [1.165, 1.54) is 0 Å². The molecule has 0 aromatic carbocycles. The van der Waals surface area contributed by atoms with Gasteiger partial charge in [0.25, 0.3) is 5.91 Å². The highest BCUT2D eigenvalue weighted by atomic mass is 16.4. The number of rotatable bonds is 2. The van der Waals surface area contributed by atoms with E-state index in [0.717, 1.165) is 31.4 Å². The van der Waals surface area contributed by atoms with Crippen molar-refractivity contribution in [1.82, 2.24) is 14.7 Å². The average Bonchev–Trinajstić information content (AvgIpc) is 3.07. The number of carbonyl (C=O) groups is 2. The van der Waals surface area contributed by atoms with Crippen LogP contribution in [0.4, 0.5) is 0 Å². The van der Waals surface area contributed by atoms with E-state index in [2.05, 4.69) is 5.10 Å². The van der Waals surface area contributed by atoms with E-state index in [-0.39, 0.29) is 17.5 Å². The van der Waals surface area contributed by atoms with E-state index in [1.54, 1.807) is 11.0 Å². The molecule has 2 aliphatic rings. The van der Waals surface area contributed by atoms with Gasteiger partial charge in [0.2, 0.25) is 0 Å². The highest BCUT2D eigenvalue weighted by Gasteiger charge is 2.48. The maximum Gasteiger partial charge on any atom is 0.326 e. The van der Waals surface area contributed by atoms with E-state index in [9.17, 15) is 14.7 Å². The van der Waals surface area contributed by atoms with Crippen LogP contribution in [0, 0.1) is 12.8 Å². The number of hydrogen-bond donors (Lipinski definition) is 1. The Bertz CT molecular complexity index is 659. The van der Waals surface area contributed by atoms with Crippen molar-refractivity contribution in [2.45, 2.75) is 77.4 Å². The number of aromatic nitrogens is 2. The number of carboxylic acid groups (broad SMARTS) is 1. The maximum absolute atomic E-state index is 13.1. The zero-order valence-electron chi connectivity index (χ0n) is 15.0. The lowest BCUT2D eigenvalue weighted by Gasteiger charge is -2.32. The Kier molecular flexibility index (Phi) is 4.18. The molecule has 3 rings (SSSR count). The standard InChI is InChI=1S/C18H27N3O3/c1-11-9-13(19-21(11)18(2,3)4)16(22)20-14-8-6-5-7-12(14)10-15(20)17(23)24/h9,12,14-15H,5-8,10H2,1-4H3,(H,23,24)/t12-,14+,15-/m0/s1. The molecule has 6 heteroatoms. The predicted octanol–water partition coefficient (Wildman–Crippen LogP) is 2.80. The van der Waals surface area contributed by atoms with Crippen LogP contribution in [0.2, 0.25) is 0 Å². The zero-order valence-corrected chi connectivity index (χ0v) is 15.0.